The van der Waals surface area contributed by atoms with Crippen molar-refractivity contribution in [1.29, 1.82) is 0 Å². The molecule has 0 aliphatic carbocycles. The summed E-state index contributed by atoms with van der Waals surface area (Å²) in [5, 5.41) is 10.9. The van der Waals surface area contributed by atoms with Crippen molar-refractivity contribution < 1.29 is 29.0 Å². The van der Waals surface area contributed by atoms with E-state index in [0.717, 1.165) is 12.2 Å². The summed E-state index contributed by atoms with van der Waals surface area (Å²) in [7, 11) is 0. The van der Waals surface area contributed by atoms with E-state index in [4.69, 9.17) is 14.6 Å². The van der Waals surface area contributed by atoms with Gasteiger partial charge in [0.25, 0.3) is 0 Å². The van der Waals surface area contributed by atoms with Crippen LogP contribution in [-0.2, 0) is 14.3 Å². The first-order valence-corrected chi connectivity index (χ1v) is 6.38. The lowest BCUT2D eigenvalue weighted by Gasteiger charge is -2.18. The minimum absolute atomic E-state index is 0.258. The predicted molar refractivity (Wildman–Crippen MR) is 78.7 cm³/mol. The van der Waals surface area contributed by atoms with E-state index in [9.17, 15) is 14.4 Å². The second-order valence-corrected chi connectivity index (χ2v) is 5.25. The van der Waals surface area contributed by atoms with Gasteiger partial charge in [-0.05, 0) is 45.0 Å². The van der Waals surface area contributed by atoms with E-state index in [2.05, 4.69) is 5.32 Å². The molecule has 0 aromatic heterocycles. The van der Waals surface area contributed by atoms with Crippen molar-refractivity contribution in [3.05, 3.63) is 36.4 Å². The minimum atomic E-state index is -1.21. The molecule has 0 saturated heterocycles. The van der Waals surface area contributed by atoms with Crippen LogP contribution in [0, 0.1) is 0 Å². The van der Waals surface area contributed by atoms with Gasteiger partial charge in [-0.3, -0.25) is 4.79 Å². The van der Waals surface area contributed by atoms with Gasteiger partial charge in [0.15, 0.2) is 0 Å². The van der Waals surface area contributed by atoms with Crippen LogP contribution in [-0.4, -0.2) is 28.7 Å². The van der Waals surface area contributed by atoms with Crippen LogP contribution in [0.5, 0.6) is 5.75 Å². The number of carbonyl (C=O) groups excluding carboxylic acids is 2. The van der Waals surface area contributed by atoms with Crippen LogP contribution in [0.15, 0.2) is 36.4 Å². The Morgan fingerprint density at radius 3 is 2.18 bits per heavy atom. The zero-order chi connectivity index (χ0) is 16.8. The van der Waals surface area contributed by atoms with Gasteiger partial charge in [-0.2, -0.15) is 0 Å². The molecular formula is C15H17NO6. The highest BCUT2D eigenvalue weighted by Gasteiger charge is 2.17. The minimum Gasteiger partial charge on any atom is -0.478 e. The van der Waals surface area contributed by atoms with Crippen molar-refractivity contribution in [3.63, 3.8) is 0 Å². The van der Waals surface area contributed by atoms with Gasteiger partial charge < -0.3 is 19.9 Å². The number of benzene rings is 1. The normalized spacial score (nSPS) is 11.0. The van der Waals surface area contributed by atoms with Gasteiger partial charge in [0.05, 0.1) is 0 Å². The van der Waals surface area contributed by atoms with Gasteiger partial charge in [-0.15, -0.1) is 0 Å². The SMILES string of the molecule is CC(C)(C)OC(=O)Oc1ccc(NC(=O)/C=C\C(=O)O)cc1. The average Bonchev–Trinajstić information content (AvgIpc) is 2.36. The van der Waals surface area contributed by atoms with Gasteiger partial charge in [0.1, 0.15) is 11.4 Å². The van der Waals surface area contributed by atoms with Crippen molar-refractivity contribution in [2.24, 2.45) is 0 Å². The number of hydrogen-bond acceptors (Lipinski definition) is 5. The molecule has 0 aliphatic rings. The number of anilines is 1. The fraction of sp³-hybridized carbons (Fsp3) is 0.267. The zero-order valence-electron chi connectivity index (χ0n) is 12.5. The number of amides is 1. The first kappa shape index (κ1) is 17.2. The highest BCUT2D eigenvalue weighted by atomic mass is 16.7. The number of ether oxygens (including phenoxy) is 2. The van der Waals surface area contributed by atoms with E-state index in [-0.39, 0.29) is 5.75 Å². The lowest BCUT2D eigenvalue weighted by atomic mass is 10.2. The van der Waals surface area contributed by atoms with Crippen LogP contribution >= 0.6 is 0 Å². The average molecular weight is 307 g/mol. The molecule has 0 heterocycles. The maximum absolute atomic E-state index is 11.5. The lowest BCUT2D eigenvalue weighted by molar-refractivity contribution is -0.131. The smallest absolute Gasteiger partial charge is 0.478 e. The Kier molecular flexibility index (Phi) is 5.68. The second-order valence-electron chi connectivity index (χ2n) is 5.25. The van der Waals surface area contributed by atoms with Crippen molar-refractivity contribution in [3.8, 4) is 5.75 Å². The van der Waals surface area contributed by atoms with E-state index in [0.29, 0.717) is 5.69 Å². The van der Waals surface area contributed by atoms with Gasteiger partial charge in [0, 0.05) is 17.8 Å². The number of carbonyl (C=O) groups is 3. The summed E-state index contributed by atoms with van der Waals surface area (Å²) in [6.07, 6.45) is 0.802. The van der Waals surface area contributed by atoms with E-state index >= 15 is 0 Å². The summed E-state index contributed by atoms with van der Waals surface area (Å²) in [5.74, 6) is -1.53. The van der Waals surface area contributed by atoms with Crippen LogP contribution in [0.2, 0.25) is 0 Å². The number of carboxylic acids is 1. The van der Waals surface area contributed by atoms with Crippen molar-refractivity contribution in [2.45, 2.75) is 26.4 Å². The summed E-state index contributed by atoms with van der Waals surface area (Å²) in [6.45, 7) is 5.16. The maximum atomic E-state index is 11.5. The second kappa shape index (κ2) is 7.26. The predicted octanol–water partition coefficient (Wildman–Crippen LogP) is 2.58. The first-order valence-electron chi connectivity index (χ1n) is 6.38. The maximum Gasteiger partial charge on any atom is 0.514 e. The Morgan fingerprint density at radius 2 is 1.68 bits per heavy atom. The zero-order valence-corrected chi connectivity index (χ0v) is 12.5. The van der Waals surface area contributed by atoms with Crippen LogP contribution in [0.25, 0.3) is 0 Å². The quantitative estimate of drug-likeness (QED) is 0.503. The molecule has 0 fully saturated rings. The molecule has 118 valence electrons. The molecule has 1 aromatic rings. The fourth-order valence-electron chi connectivity index (χ4n) is 1.30. The Morgan fingerprint density at radius 1 is 1.09 bits per heavy atom. The van der Waals surface area contributed by atoms with E-state index in [1.807, 2.05) is 0 Å². The topological polar surface area (TPSA) is 102 Å². The molecule has 0 bridgehead atoms. The molecule has 0 radical (unpaired) electrons. The summed E-state index contributed by atoms with van der Waals surface area (Å²) in [4.78, 5) is 33.1. The third-order valence-corrected chi connectivity index (χ3v) is 2.09. The number of nitrogens with one attached hydrogen (secondary N) is 1. The van der Waals surface area contributed by atoms with Gasteiger partial charge in [-0.25, -0.2) is 9.59 Å². The third-order valence-electron chi connectivity index (χ3n) is 2.09. The third kappa shape index (κ3) is 7.09. The van der Waals surface area contributed by atoms with Crippen LogP contribution in [0.4, 0.5) is 10.5 Å². The Labute approximate surface area is 127 Å². The van der Waals surface area contributed by atoms with Crippen molar-refractivity contribution in [1.82, 2.24) is 0 Å². The van der Waals surface area contributed by atoms with Crippen molar-refractivity contribution >= 4 is 23.7 Å². The first-order chi connectivity index (χ1) is 10.2. The molecule has 1 aromatic carbocycles. The Bertz CT molecular complexity index is 583. The van der Waals surface area contributed by atoms with Crippen LogP contribution in [0.3, 0.4) is 0 Å². The number of hydrogen-bond donors (Lipinski definition) is 2. The number of carboxylic acid groups (broad SMARTS) is 1. The summed E-state index contributed by atoms with van der Waals surface area (Å²) in [6, 6.07) is 5.96. The van der Waals surface area contributed by atoms with Crippen molar-refractivity contribution in [2.75, 3.05) is 5.32 Å². The highest BCUT2D eigenvalue weighted by Crippen LogP contribution is 2.17. The molecule has 0 aliphatic heterocycles. The molecule has 0 atom stereocenters. The molecule has 0 saturated carbocycles. The van der Waals surface area contributed by atoms with E-state index < -0.39 is 23.6 Å². The summed E-state index contributed by atoms with van der Waals surface area (Å²) < 4.78 is 9.96. The largest absolute Gasteiger partial charge is 0.514 e. The van der Waals surface area contributed by atoms with E-state index in [1.54, 1.807) is 20.8 Å². The van der Waals surface area contributed by atoms with Gasteiger partial charge in [0.2, 0.25) is 5.91 Å². The molecule has 1 rings (SSSR count). The van der Waals surface area contributed by atoms with E-state index in [1.165, 1.54) is 24.3 Å². The van der Waals surface area contributed by atoms with Gasteiger partial charge in [-0.1, -0.05) is 0 Å². The molecule has 22 heavy (non-hydrogen) atoms. The lowest BCUT2D eigenvalue weighted by Crippen LogP contribution is -2.25. The summed E-state index contributed by atoms with van der Waals surface area (Å²) in [5.41, 5.74) is -0.224. The number of rotatable bonds is 4. The van der Waals surface area contributed by atoms with Crippen LogP contribution < -0.4 is 10.1 Å². The molecule has 0 unspecified atom stereocenters. The number of aliphatic carboxylic acids is 1. The fourth-order valence-corrected chi connectivity index (χ4v) is 1.30. The highest BCUT2D eigenvalue weighted by molar-refractivity contribution is 6.02. The molecule has 7 heteroatoms. The molecule has 7 nitrogen and oxygen atoms in total. The molecule has 2 N–H and O–H groups in total. The molecule has 0 spiro atoms. The van der Waals surface area contributed by atoms with Crippen LogP contribution in [0.1, 0.15) is 20.8 Å². The Hall–Kier alpha value is -2.83. The summed E-state index contributed by atoms with van der Waals surface area (Å²) >= 11 is 0. The molecule has 1 amide bonds. The monoisotopic (exact) mass is 307 g/mol. The van der Waals surface area contributed by atoms with Gasteiger partial charge >= 0.3 is 12.1 Å². The molecular weight excluding hydrogens is 290 g/mol. The Balaban J connectivity index is 2.58. The standard InChI is InChI=1S/C15H17NO6/c1-15(2,3)22-14(20)21-11-6-4-10(5-7-11)16-12(17)8-9-13(18)19/h4-9H,1-3H3,(H,16,17)(H,18,19)/b9-8-.